The number of rotatable bonds is 4. The van der Waals surface area contributed by atoms with Crippen molar-refractivity contribution in [1.29, 1.82) is 0 Å². The average Bonchev–Trinajstić information content (AvgIpc) is 2.89. The Morgan fingerprint density at radius 2 is 1.89 bits per heavy atom. The van der Waals surface area contributed by atoms with Gasteiger partial charge in [-0.3, -0.25) is 14.6 Å². The van der Waals surface area contributed by atoms with Crippen LogP contribution in [0.5, 0.6) is 0 Å². The van der Waals surface area contributed by atoms with Crippen molar-refractivity contribution in [1.82, 2.24) is 14.9 Å². The Kier molecular flexibility index (Phi) is 6.27. The van der Waals surface area contributed by atoms with Crippen molar-refractivity contribution in [2.45, 2.75) is 39.2 Å². The van der Waals surface area contributed by atoms with E-state index in [1.807, 2.05) is 60.4 Å². The summed E-state index contributed by atoms with van der Waals surface area (Å²) in [4.78, 5) is 37.4. The summed E-state index contributed by atoms with van der Waals surface area (Å²) in [6.45, 7) is 4.82. The molecule has 6 nitrogen and oxygen atoms in total. The zero-order chi connectivity index (χ0) is 24.4. The van der Waals surface area contributed by atoms with Gasteiger partial charge in [0.15, 0.2) is 0 Å². The molecule has 1 N–H and O–H groups in total. The highest BCUT2D eigenvalue weighted by molar-refractivity contribution is 6.13. The highest BCUT2D eigenvalue weighted by atomic mass is 16.2. The second kappa shape index (κ2) is 9.66. The van der Waals surface area contributed by atoms with Gasteiger partial charge in [-0.15, -0.1) is 0 Å². The fourth-order valence-corrected chi connectivity index (χ4v) is 4.72. The number of likely N-dealkylation sites (tertiary alicyclic amines) is 1. The van der Waals surface area contributed by atoms with Crippen molar-refractivity contribution in [2.24, 2.45) is 0 Å². The molecular weight excluding hydrogens is 436 g/mol. The zero-order valence-electron chi connectivity index (χ0n) is 20.0. The fraction of sp³-hybridized carbons (Fsp3) is 0.241. The van der Waals surface area contributed by atoms with E-state index in [0.29, 0.717) is 22.5 Å². The van der Waals surface area contributed by atoms with Gasteiger partial charge in [-0.1, -0.05) is 18.2 Å². The van der Waals surface area contributed by atoms with Gasteiger partial charge in [-0.05, 0) is 81.1 Å². The van der Waals surface area contributed by atoms with Gasteiger partial charge in [-0.2, -0.15) is 0 Å². The zero-order valence-corrected chi connectivity index (χ0v) is 20.0. The summed E-state index contributed by atoms with van der Waals surface area (Å²) in [5, 5.41) is 3.82. The number of nitrogens with zero attached hydrogens (tertiary/aromatic N) is 3. The van der Waals surface area contributed by atoms with Gasteiger partial charge >= 0.3 is 0 Å². The summed E-state index contributed by atoms with van der Waals surface area (Å²) < 4.78 is 0. The molecule has 1 aliphatic rings. The number of anilines is 1. The molecule has 1 saturated heterocycles. The number of benzene rings is 2. The first-order valence-corrected chi connectivity index (χ1v) is 12.0. The number of aromatic nitrogens is 2. The molecule has 1 fully saturated rings. The van der Waals surface area contributed by atoms with E-state index < -0.39 is 0 Å². The Balaban J connectivity index is 1.44. The van der Waals surface area contributed by atoms with Crippen LogP contribution in [0.2, 0.25) is 0 Å². The standard InChI is InChI=1S/C29H28N4O2/c1-19-16-21(29(35)33-15-6-5-8-20(33)2)12-13-25(19)32-28(34)24-17-27(22-9-7-14-30-18-22)31-26-11-4-3-10-23(24)26/h3-4,7,9-14,16-18,20H,5-6,8,15H2,1-2H3,(H,32,34). The largest absolute Gasteiger partial charge is 0.336 e. The number of fused-ring (bicyclic) bond motifs is 1. The van der Waals surface area contributed by atoms with Gasteiger partial charge < -0.3 is 10.2 Å². The normalized spacial score (nSPS) is 15.7. The highest BCUT2D eigenvalue weighted by Crippen LogP contribution is 2.27. The van der Waals surface area contributed by atoms with Crippen LogP contribution in [0, 0.1) is 6.92 Å². The van der Waals surface area contributed by atoms with Crippen LogP contribution >= 0.6 is 0 Å². The van der Waals surface area contributed by atoms with E-state index in [-0.39, 0.29) is 17.9 Å². The number of hydrogen-bond acceptors (Lipinski definition) is 4. The van der Waals surface area contributed by atoms with E-state index in [2.05, 4.69) is 17.2 Å². The average molecular weight is 465 g/mol. The molecule has 5 rings (SSSR count). The topological polar surface area (TPSA) is 75.2 Å². The molecule has 1 unspecified atom stereocenters. The molecule has 35 heavy (non-hydrogen) atoms. The SMILES string of the molecule is Cc1cc(C(=O)N2CCCCC2C)ccc1NC(=O)c1cc(-c2cccnc2)nc2ccccc12. The Hall–Kier alpha value is -4.06. The summed E-state index contributed by atoms with van der Waals surface area (Å²) in [5.74, 6) is -0.167. The van der Waals surface area contributed by atoms with Gasteiger partial charge in [0.05, 0.1) is 16.8 Å². The first-order chi connectivity index (χ1) is 17.0. The second-order valence-electron chi connectivity index (χ2n) is 9.14. The van der Waals surface area contributed by atoms with E-state index in [1.165, 1.54) is 6.42 Å². The summed E-state index contributed by atoms with van der Waals surface area (Å²) in [6.07, 6.45) is 6.70. The number of carbonyl (C=O) groups excluding carboxylic acids is 2. The minimum atomic E-state index is -0.222. The molecule has 3 heterocycles. The predicted molar refractivity (Wildman–Crippen MR) is 138 cm³/mol. The maximum Gasteiger partial charge on any atom is 0.256 e. The Labute approximate surface area is 205 Å². The molecule has 2 amide bonds. The third-order valence-electron chi connectivity index (χ3n) is 6.70. The number of piperidine rings is 1. The number of para-hydroxylation sites is 1. The van der Waals surface area contributed by atoms with Gasteiger partial charge in [0, 0.05) is 47.2 Å². The molecule has 2 aromatic carbocycles. The molecule has 0 aliphatic carbocycles. The molecule has 2 aromatic heterocycles. The van der Waals surface area contributed by atoms with E-state index in [4.69, 9.17) is 4.98 Å². The van der Waals surface area contributed by atoms with Gasteiger partial charge in [0.2, 0.25) is 0 Å². The molecule has 6 heteroatoms. The number of amides is 2. The smallest absolute Gasteiger partial charge is 0.256 e. The first-order valence-electron chi connectivity index (χ1n) is 12.0. The van der Waals surface area contributed by atoms with Crippen molar-refractivity contribution in [2.75, 3.05) is 11.9 Å². The van der Waals surface area contributed by atoms with E-state index >= 15 is 0 Å². The molecule has 4 aromatic rings. The van der Waals surface area contributed by atoms with E-state index in [1.54, 1.807) is 24.5 Å². The molecule has 0 spiro atoms. The van der Waals surface area contributed by atoms with Crippen LogP contribution in [0.15, 0.2) is 73.1 Å². The lowest BCUT2D eigenvalue weighted by Crippen LogP contribution is -2.42. The molecule has 0 bridgehead atoms. The maximum absolute atomic E-state index is 13.4. The molecule has 1 aliphatic heterocycles. The molecule has 0 saturated carbocycles. The van der Waals surface area contributed by atoms with Crippen LogP contribution in [0.1, 0.15) is 52.5 Å². The van der Waals surface area contributed by atoms with Gasteiger partial charge in [0.25, 0.3) is 11.8 Å². The highest BCUT2D eigenvalue weighted by Gasteiger charge is 2.24. The minimum absolute atomic E-state index is 0.0550. The predicted octanol–water partition coefficient (Wildman–Crippen LogP) is 5.87. The number of carbonyl (C=O) groups is 2. The van der Waals surface area contributed by atoms with Crippen LogP contribution in [0.3, 0.4) is 0 Å². The lowest BCUT2D eigenvalue weighted by molar-refractivity contribution is 0.0635. The third-order valence-corrected chi connectivity index (χ3v) is 6.70. The maximum atomic E-state index is 13.4. The lowest BCUT2D eigenvalue weighted by atomic mass is 10.0. The number of pyridine rings is 2. The summed E-state index contributed by atoms with van der Waals surface area (Å²) in [7, 11) is 0. The third kappa shape index (κ3) is 4.64. The van der Waals surface area contributed by atoms with E-state index in [0.717, 1.165) is 41.4 Å². The fourth-order valence-electron chi connectivity index (χ4n) is 4.72. The Morgan fingerprint density at radius 1 is 1.03 bits per heavy atom. The lowest BCUT2D eigenvalue weighted by Gasteiger charge is -2.33. The van der Waals surface area contributed by atoms with Crippen molar-refractivity contribution in [3.63, 3.8) is 0 Å². The Morgan fingerprint density at radius 3 is 2.66 bits per heavy atom. The van der Waals surface area contributed by atoms with Crippen molar-refractivity contribution in [3.05, 3.63) is 89.7 Å². The van der Waals surface area contributed by atoms with E-state index in [9.17, 15) is 9.59 Å². The first kappa shape index (κ1) is 22.7. The number of aryl methyl sites for hydroxylation is 1. The number of nitrogens with one attached hydrogen (secondary N) is 1. The van der Waals surface area contributed by atoms with Crippen LogP contribution in [-0.4, -0.2) is 39.3 Å². The van der Waals surface area contributed by atoms with Crippen LogP contribution in [-0.2, 0) is 0 Å². The van der Waals surface area contributed by atoms with Crippen molar-refractivity contribution >= 4 is 28.4 Å². The van der Waals surface area contributed by atoms with Gasteiger partial charge in [0.1, 0.15) is 0 Å². The quantitative estimate of drug-likeness (QED) is 0.410. The second-order valence-corrected chi connectivity index (χ2v) is 9.14. The monoisotopic (exact) mass is 464 g/mol. The summed E-state index contributed by atoms with van der Waals surface area (Å²) in [6, 6.07) is 18.9. The molecular formula is C29H28N4O2. The van der Waals surface area contributed by atoms with Crippen LogP contribution < -0.4 is 5.32 Å². The van der Waals surface area contributed by atoms with Crippen molar-refractivity contribution in [3.8, 4) is 11.3 Å². The van der Waals surface area contributed by atoms with Crippen molar-refractivity contribution < 1.29 is 9.59 Å². The minimum Gasteiger partial charge on any atom is -0.336 e. The number of hydrogen-bond donors (Lipinski definition) is 1. The summed E-state index contributed by atoms with van der Waals surface area (Å²) >= 11 is 0. The van der Waals surface area contributed by atoms with Crippen LogP contribution in [0.25, 0.3) is 22.2 Å². The molecule has 1 atom stereocenters. The summed E-state index contributed by atoms with van der Waals surface area (Å²) in [5.41, 5.74) is 5.00. The van der Waals surface area contributed by atoms with Crippen LogP contribution in [0.4, 0.5) is 5.69 Å². The molecule has 176 valence electrons. The molecule has 0 radical (unpaired) electrons. The van der Waals surface area contributed by atoms with Gasteiger partial charge in [-0.25, -0.2) is 4.98 Å². The Bertz CT molecular complexity index is 1400.